The molecule has 6 amide bonds. The molecule has 0 spiro atoms. The molecule has 19 rings (SSSR count). The van der Waals surface area contributed by atoms with Gasteiger partial charge in [-0.1, -0.05) is 236 Å². The second-order valence-electron chi connectivity index (χ2n) is 39.8. The van der Waals surface area contributed by atoms with Crippen molar-refractivity contribution in [3.05, 3.63) is 313 Å². The number of carbonyl (C=O) groups is 6. The lowest BCUT2D eigenvalue weighted by atomic mass is 9.61. The Morgan fingerprint density at radius 2 is 0.783 bits per heavy atom. The summed E-state index contributed by atoms with van der Waals surface area (Å²) >= 11 is 27.4. The van der Waals surface area contributed by atoms with Gasteiger partial charge in [0.2, 0.25) is 0 Å². The van der Waals surface area contributed by atoms with Crippen LogP contribution in [0.3, 0.4) is 0 Å². The molecule has 0 bridgehead atoms. The lowest BCUT2D eigenvalue weighted by molar-refractivity contribution is -0.118. The van der Waals surface area contributed by atoms with Crippen LogP contribution in [-0.2, 0) is 40.9 Å². The van der Waals surface area contributed by atoms with E-state index >= 15 is 0 Å². The Balaban J connectivity index is 0.000000139. The summed E-state index contributed by atoms with van der Waals surface area (Å²) in [5, 5.41) is 36.7. The Morgan fingerprint density at radius 3 is 1.13 bits per heavy atom. The van der Waals surface area contributed by atoms with Crippen LogP contribution in [0.1, 0.15) is 223 Å². The Labute approximate surface area is 837 Å². The average Bonchev–Trinajstić information content (AvgIpc) is 1.54. The van der Waals surface area contributed by atoms with Gasteiger partial charge >= 0.3 is 19.3 Å². The number of imide groups is 2. The van der Waals surface area contributed by atoms with Crippen molar-refractivity contribution in [3.8, 4) is 45.6 Å². The number of hydrogen-bond acceptors (Lipinski definition) is 17. The first kappa shape index (κ1) is 102. The number of fused-ring (bicyclic) bond motifs is 4. The molecule has 0 atom stereocenters. The summed E-state index contributed by atoms with van der Waals surface area (Å²) in [5.74, 6) is -1.24. The Kier molecular flexibility index (Phi) is 29.2. The van der Waals surface area contributed by atoms with Crippen LogP contribution < -0.4 is 16.1 Å². The van der Waals surface area contributed by atoms with Crippen molar-refractivity contribution in [2.24, 2.45) is 0 Å². The van der Waals surface area contributed by atoms with Crippen molar-refractivity contribution in [2.75, 3.05) is 0 Å². The average molecular weight is 2070 g/mol. The first-order valence-corrected chi connectivity index (χ1v) is 48.0. The topological polar surface area (TPSA) is 289 Å². The zero-order chi connectivity index (χ0) is 100. The molecule has 3 N–H and O–H groups in total. The number of carbonyl (C=O) groups excluding carboxylic acids is 6. The quantitative estimate of drug-likeness (QED) is 0.0443. The minimum Gasteiger partial charge on any atom is -0.444 e. The summed E-state index contributed by atoms with van der Waals surface area (Å²) in [6.45, 7) is 25.2. The highest BCUT2D eigenvalue weighted by Crippen LogP contribution is 2.59. The number of rotatable bonds is 12. The smallest absolute Gasteiger partial charge is 0.444 e. The molecule has 4 aliphatic carbocycles. The highest BCUT2D eigenvalue weighted by atomic mass is 79.9. The second kappa shape index (κ2) is 39.3. The number of hydrogen-bond donors (Lipinski definition) is 3. The summed E-state index contributed by atoms with van der Waals surface area (Å²) < 4.78 is 67.7. The van der Waals surface area contributed by atoms with E-state index in [9.17, 15) is 52.3 Å². The first-order chi connectivity index (χ1) is 64.7. The number of halogens is 9. The van der Waals surface area contributed by atoms with E-state index in [1.807, 2.05) is 198 Å². The molecule has 21 nitrogen and oxygen atoms in total. The molecule has 12 aromatic rings. The summed E-state index contributed by atoms with van der Waals surface area (Å²) in [6, 6.07) is 75.2. The number of alkyl halides is 6. The number of nitriles is 2. The third-order valence-corrected chi connectivity index (χ3v) is 26.9. The van der Waals surface area contributed by atoms with E-state index in [-0.39, 0.29) is 62.2 Å². The molecule has 712 valence electrons. The van der Waals surface area contributed by atoms with Gasteiger partial charge in [-0.25, -0.2) is 42.7 Å². The molecule has 7 heterocycles. The van der Waals surface area contributed by atoms with Crippen molar-refractivity contribution in [2.45, 2.75) is 220 Å². The predicted molar refractivity (Wildman–Crippen MR) is 537 cm³/mol. The monoisotopic (exact) mass is 2070 g/mol. The highest BCUT2D eigenvalue weighted by Gasteiger charge is 2.64. The maximum atomic E-state index is 14.7. The van der Waals surface area contributed by atoms with Gasteiger partial charge in [-0.2, -0.15) is 10.5 Å². The first-order valence-electron chi connectivity index (χ1n) is 44.7. The van der Waals surface area contributed by atoms with Gasteiger partial charge in [-0.15, -0.1) is 0 Å². The maximum absolute atomic E-state index is 14.7. The fourth-order valence-corrected chi connectivity index (χ4v) is 20.1. The number of alkyl carbamates (subject to hydrolysis) is 2. The number of amides is 6. The molecular weight excluding hydrogens is 1970 g/mol. The lowest BCUT2D eigenvalue weighted by Gasteiger charge is -2.55. The Bertz CT molecular complexity index is 6500. The van der Waals surface area contributed by atoms with Crippen molar-refractivity contribution in [1.82, 2.24) is 40.4 Å². The second-order valence-corrected chi connectivity index (χ2v) is 44.0. The molecule has 1 saturated heterocycles. The fourth-order valence-electron chi connectivity index (χ4n) is 19.3. The van der Waals surface area contributed by atoms with E-state index < -0.39 is 90.8 Å². The van der Waals surface area contributed by atoms with Crippen LogP contribution in [-0.4, -0.2) is 127 Å². The van der Waals surface area contributed by atoms with Gasteiger partial charge in [0.25, 0.3) is 23.6 Å². The molecule has 3 aliphatic heterocycles. The normalized spacial score (nSPS) is 23.8. The third-order valence-electron chi connectivity index (χ3n) is 25.6. The van der Waals surface area contributed by atoms with Gasteiger partial charge in [-0.05, 0) is 209 Å². The summed E-state index contributed by atoms with van der Waals surface area (Å²) in [6.07, 6.45) is 3.68. The van der Waals surface area contributed by atoms with Crippen molar-refractivity contribution in [3.63, 3.8) is 0 Å². The molecule has 7 aliphatic rings. The fraction of sp³-hybridized carbons (Fsp3) is 0.327. The van der Waals surface area contributed by atoms with Crippen LogP contribution in [0.25, 0.3) is 55.3 Å². The van der Waals surface area contributed by atoms with E-state index in [1.54, 1.807) is 135 Å². The van der Waals surface area contributed by atoms with E-state index in [1.165, 1.54) is 16.7 Å². The summed E-state index contributed by atoms with van der Waals surface area (Å²) in [4.78, 5) is 96.7. The number of aliphatic hydroxyl groups is 1. The zero-order valence-electron chi connectivity index (χ0n) is 78.4. The van der Waals surface area contributed by atoms with Gasteiger partial charge in [-0.3, -0.25) is 29.0 Å². The van der Waals surface area contributed by atoms with E-state index in [4.69, 9.17) is 75.4 Å². The molecule has 31 heteroatoms. The van der Waals surface area contributed by atoms with E-state index in [0.717, 1.165) is 70.2 Å². The van der Waals surface area contributed by atoms with Crippen molar-refractivity contribution >= 4 is 148 Å². The van der Waals surface area contributed by atoms with Crippen molar-refractivity contribution < 1.29 is 65.8 Å². The molecule has 138 heavy (non-hydrogen) atoms. The van der Waals surface area contributed by atoms with Gasteiger partial charge in [0, 0.05) is 100 Å². The number of ether oxygens (including phenoxy) is 2. The van der Waals surface area contributed by atoms with Gasteiger partial charge in [0.15, 0.2) is 4.30 Å². The number of aromatic nitrogens is 4. The standard InChI is InChI=1S/C31H29FN4O2.C22H33BFNO4.C19H15BrFNO2.C19H16BrNO3.C15H8ClN3.CHCl3/c1-29(2,3)38-28(37)36-31(18-30(4,32)19-31)22-12-10-21(11-13-22)27-23(20-8-6-5-7-9-20)16-24-25(35-27)14-15-34-26(24)17-33;1-18(2,3)27-17(26)25-22(13-21(8,24)14-22)15-9-11-16(12-10-15)23-28-19(4,5)20(6,7)29-23;1-18(21)10-19(11-18,12-6-8-13(20)9-7-12)22-16(23)14-4-2-3-5-15(14)17(22)24;1-18(24)10-19(11-18,12-6-8-13(20)9-7-12)21-16(22)14-4-2-3-5-15(14)17(21)23;16-15-11(10-4-2-1-3-5-10)8-12-13(19-15)6-7-18-14(12)9-17;2-1(3)4/h5-16H,18-19H2,1-4H3,(H,36,37);9-12H,13-14H2,1-8H3,(H,25,26);2-9H,10-11H2,1H3;2-9,24H,10-11H2,1H3;1-8H;1H. The third kappa shape index (κ3) is 22.1. The Hall–Kier alpha value is -11.5. The van der Waals surface area contributed by atoms with Crippen molar-refractivity contribution in [1.29, 1.82) is 10.5 Å². The van der Waals surface area contributed by atoms with Crippen LogP contribution in [0.2, 0.25) is 5.15 Å². The SMILES string of the molecule is CC1(F)CC(NC(=O)OC(C)(C)C)(c2ccc(-c3nc4ccnc(C#N)c4cc3-c3ccccc3)cc2)C1.CC1(F)CC(NC(=O)OC(C)(C)C)(c2ccc(B3OC(C)(C)C(C)(C)O3)cc2)C1.CC1(F)CC(c2ccc(Br)cc2)(N2C(=O)c3ccccc3C2=O)C1.CC1(O)CC(c2ccc(Br)cc2)(N2C(=O)c3ccccc3C2=O)C1.ClC(Cl)Cl.N#Cc1nccc2nc(Cl)c(-c3ccccc3)cc12. The lowest BCUT2D eigenvalue weighted by Crippen LogP contribution is -2.63. The Morgan fingerprint density at radius 1 is 0.457 bits per heavy atom. The zero-order valence-corrected chi connectivity index (χ0v) is 84.6. The predicted octanol–water partition coefficient (Wildman–Crippen LogP) is 25.1. The number of benzene rings is 8. The largest absolute Gasteiger partial charge is 0.494 e. The number of nitrogens with one attached hydrogen (secondary N) is 2. The molecule has 4 aromatic heterocycles. The minimum atomic E-state index is -1.39. The van der Waals surface area contributed by atoms with Crippen LogP contribution in [0.15, 0.2) is 252 Å². The molecular formula is C107H102BBr2Cl4F3N10O11. The van der Waals surface area contributed by atoms with E-state index in [2.05, 4.69) is 69.6 Å². The summed E-state index contributed by atoms with van der Waals surface area (Å²) in [5.41, 5.74) is 2.69. The number of nitrogens with zero attached hydrogens (tertiary/aromatic N) is 8. The van der Waals surface area contributed by atoms with Crippen LogP contribution in [0.4, 0.5) is 22.8 Å². The van der Waals surface area contributed by atoms with Gasteiger partial charge in [0.05, 0.1) is 77.9 Å². The molecule has 4 saturated carbocycles. The number of pyridine rings is 4. The van der Waals surface area contributed by atoms with Gasteiger partial charge < -0.3 is 34.5 Å². The molecule has 0 radical (unpaired) electrons. The van der Waals surface area contributed by atoms with Crippen LogP contribution in [0, 0.1) is 22.7 Å². The minimum absolute atomic E-state index is 0.118. The van der Waals surface area contributed by atoms with Crippen LogP contribution >= 0.6 is 78.3 Å². The highest BCUT2D eigenvalue weighted by molar-refractivity contribution is 9.10. The molecule has 0 unspecified atom stereocenters. The summed E-state index contributed by atoms with van der Waals surface area (Å²) in [7, 11) is -0.461. The van der Waals surface area contributed by atoms with E-state index in [0.29, 0.717) is 73.4 Å². The van der Waals surface area contributed by atoms with Crippen LogP contribution in [0.5, 0.6) is 0 Å². The molecule has 8 aromatic carbocycles. The van der Waals surface area contributed by atoms with Gasteiger partial charge in [0.1, 0.15) is 56.9 Å². The molecule has 5 fully saturated rings. The maximum Gasteiger partial charge on any atom is 0.494 e.